The summed E-state index contributed by atoms with van der Waals surface area (Å²) in [6, 6.07) is 12.5. The van der Waals surface area contributed by atoms with Crippen molar-refractivity contribution in [3.63, 3.8) is 0 Å². The van der Waals surface area contributed by atoms with Crippen molar-refractivity contribution >= 4 is 46.5 Å². The number of hydrogen-bond acceptors (Lipinski definition) is 3. The van der Waals surface area contributed by atoms with Gasteiger partial charge in [-0.1, -0.05) is 41.4 Å². The normalized spacial score (nSPS) is 14.0. The van der Waals surface area contributed by atoms with Gasteiger partial charge in [0.1, 0.15) is 0 Å². The quantitative estimate of drug-likeness (QED) is 0.782. The van der Waals surface area contributed by atoms with Gasteiger partial charge < -0.3 is 20.4 Å². The first-order chi connectivity index (χ1) is 13.4. The summed E-state index contributed by atoms with van der Waals surface area (Å²) in [5.74, 6) is -0.0229. The maximum Gasteiger partial charge on any atom is 0.321 e. The van der Waals surface area contributed by atoms with E-state index in [0.717, 1.165) is 11.3 Å². The van der Waals surface area contributed by atoms with Crippen LogP contribution in [0, 0.1) is 6.92 Å². The summed E-state index contributed by atoms with van der Waals surface area (Å²) in [6.07, 6.45) is 0. The number of piperazine rings is 1. The molecular formula is C20H22Cl2N4O2. The number of aryl methyl sites for hydroxylation is 1. The summed E-state index contributed by atoms with van der Waals surface area (Å²) in [5, 5.41) is 7.09. The molecule has 8 heteroatoms. The Labute approximate surface area is 174 Å². The van der Waals surface area contributed by atoms with Crippen LogP contribution in [0.1, 0.15) is 5.56 Å². The standard InChI is InChI=1S/C20H22Cl2N4O2/c1-14-6-7-15(12-17(14)22)24-20(28)26-10-8-25(9-11-26)19(27)13-23-18-5-3-2-4-16(18)21/h2-7,12,23H,8-11,13H2,1H3,(H,24,28). The highest BCUT2D eigenvalue weighted by atomic mass is 35.5. The van der Waals surface area contributed by atoms with Gasteiger partial charge in [-0.3, -0.25) is 4.79 Å². The van der Waals surface area contributed by atoms with E-state index in [1.54, 1.807) is 21.9 Å². The molecule has 0 aliphatic carbocycles. The molecule has 0 aromatic heterocycles. The zero-order chi connectivity index (χ0) is 20.1. The Bertz CT molecular complexity index is 867. The Morgan fingerprint density at radius 3 is 2.32 bits per heavy atom. The summed E-state index contributed by atoms with van der Waals surface area (Å²) in [5.41, 5.74) is 2.34. The van der Waals surface area contributed by atoms with Crippen molar-refractivity contribution < 1.29 is 9.59 Å². The van der Waals surface area contributed by atoms with Crippen molar-refractivity contribution in [1.82, 2.24) is 9.80 Å². The van der Waals surface area contributed by atoms with Crippen LogP contribution in [-0.2, 0) is 4.79 Å². The number of amides is 3. The first-order valence-electron chi connectivity index (χ1n) is 9.02. The Kier molecular flexibility index (Phi) is 6.65. The van der Waals surface area contributed by atoms with Gasteiger partial charge in [0.05, 0.1) is 17.3 Å². The second-order valence-corrected chi connectivity index (χ2v) is 7.41. The number of halogens is 2. The number of urea groups is 1. The molecule has 1 aliphatic rings. The number of rotatable bonds is 4. The average Bonchev–Trinajstić information content (AvgIpc) is 2.70. The summed E-state index contributed by atoms with van der Waals surface area (Å²) in [7, 11) is 0. The molecule has 148 valence electrons. The van der Waals surface area contributed by atoms with E-state index in [1.165, 1.54) is 0 Å². The van der Waals surface area contributed by atoms with Gasteiger partial charge >= 0.3 is 6.03 Å². The van der Waals surface area contributed by atoms with Crippen molar-refractivity contribution in [1.29, 1.82) is 0 Å². The molecule has 1 heterocycles. The number of benzene rings is 2. The highest BCUT2D eigenvalue weighted by Gasteiger charge is 2.24. The lowest BCUT2D eigenvalue weighted by molar-refractivity contribution is -0.130. The Hall–Kier alpha value is -2.44. The molecule has 0 radical (unpaired) electrons. The smallest absolute Gasteiger partial charge is 0.321 e. The van der Waals surface area contributed by atoms with Gasteiger partial charge in [-0.15, -0.1) is 0 Å². The number of anilines is 2. The van der Waals surface area contributed by atoms with E-state index in [1.807, 2.05) is 37.3 Å². The fraction of sp³-hybridized carbons (Fsp3) is 0.300. The van der Waals surface area contributed by atoms with Crippen molar-refractivity contribution in [3.05, 3.63) is 58.1 Å². The largest absolute Gasteiger partial charge is 0.375 e. The van der Waals surface area contributed by atoms with Gasteiger partial charge in [-0.25, -0.2) is 4.79 Å². The molecule has 0 saturated carbocycles. The molecule has 2 N–H and O–H groups in total. The third-order valence-corrected chi connectivity index (χ3v) is 5.38. The molecule has 1 saturated heterocycles. The average molecular weight is 421 g/mol. The van der Waals surface area contributed by atoms with Crippen LogP contribution in [0.15, 0.2) is 42.5 Å². The van der Waals surface area contributed by atoms with E-state index in [0.29, 0.717) is 41.9 Å². The van der Waals surface area contributed by atoms with Gasteiger partial charge in [-0.2, -0.15) is 0 Å². The maximum atomic E-state index is 12.4. The topological polar surface area (TPSA) is 64.7 Å². The van der Waals surface area contributed by atoms with Crippen LogP contribution in [0.2, 0.25) is 10.0 Å². The van der Waals surface area contributed by atoms with Crippen LogP contribution in [0.4, 0.5) is 16.2 Å². The molecule has 0 spiro atoms. The molecule has 28 heavy (non-hydrogen) atoms. The van der Waals surface area contributed by atoms with E-state index in [-0.39, 0.29) is 18.5 Å². The van der Waals surface area contributed by atoms with Crippen molar-refractivity contribution in [2.45, 2.75) is 6.92 Å². The molecule has 1 fully saturated rings. The number of carbonyl (C=O) groups excluding carboxylic acids is 2. The molecule has 0 atom stereocenters. The van der Waals surface area contributed by atoms with Gasteiger partial charge in [0.25, 0.3) is 0 Å². The number of nitrogens with one attached hydrogen (secondary N) is 2. The molecule has 3 rings (SSSR count). The highest BCUT2D eigenvalue weighted by molar-refractivity contribution is 6.33. The predicted octanol–water partition coefficient (Wildman–Crippen LogP) is 4.09. The highest BCUT2D eigenvalue weighted by Crippen LogP contribution is 2.21. The molecule has 1 aliphatic heterocycles. The van der Waals surface area contributed by atoms with E-state index >= 15 is 0 Å². The number of hydrogen-bond donors (Lipinski definition) is 2. The monoisotopic (exact) mass is 420 g/mol. The minimum atomic E-state index is -0.193. The van der Waals surface area contributed by atoms with Crippen LogP contribution in [0.5, 0.6) is 0 Å². The minimum absolute atomic E-state index is 0.0229. The van der Waals surface area contributed by atoms with E-state index in [2.05, 4.69) is 10.6 Å². The van der Waals surface area contributed by atoms with Crippen LogP contribution < -0.4 is 10.6 Å². The Balaban J connectivity index is 1.46. The van der Waals surface area contributed by atoms with Gasteiger partial charge in [0.15, 0.2) is 0 Å². The van der Waals surface area contributed by atoms with Crippen molar-refractivity contribution in [2.24, 2.45) is 0 Å². The fourth-order valence-electron chi connectivity index (χ4n) is 2.92. The Morgan fingerprint density at radius 1 is 0.964 bits per heavy atom. The zero-order valence-electron chi connectivity index (χ0n) is 15.5. The molecule has 2 aromatic rings. The lowest BCUT2D eigenvalue weighted by atomic mass is 10.2. The van der Waals surface area contributed by atoms with E-state index in [9.17, 15) is 9.59 Å². The van der Waals surface area contributed by atoms with Crippen LogP contribution >= 0.6 is 23.2 Å². The van der Waals surface area contributed by atoms with Crippen molar-refractivity contribution in [2.75, 3.05) is 43.4 Å². The lowest BCUT2D eigenvalue weighted by Gasteiger charge is -2.34. The minimum Gasteiger partial charge on any atom is -0.375 e. The third-order valence-electron chi connectivity index (χ3n) is 4.65. The second kappa shape index (κ2) is 9.17. The summed E-state index contributed by atoms with van der Waals surface area (Å²) in [4.78, 5) is 28.3. The molecule has 2 aromatic carbocycles. The molecular weight excluding hydrogens is 399 g/mol. The first-order valence-corrected chi connectivity index (χ1v) is 9.78. The SMILES string of the molecule is Cc1ccc(NC(=O)N2CCN(C(=O)CNc3ccccc3Cl)CC2)cc1Cl. The lowest BCUT2D eigenvalue weighted by Crippen LogP contribution is -2.52. The maximum absolute atomic E-state index is 12.4. The van der Waals surface area contributed by atoms with Crippen molar-refractivity contribution in [3.8, 4) is 0 Å². The number of nitrogens with zero attached hydrogens (tertiary/aromatic N) is 2. The van der Waals surface area contributed by atoms with Gasteiger partial charge in [-0.05, 0) is 36.8 Å². The second-order valence-electron chi connectivity index (χ2n) is 6.60. The molecule has 6 nitrogen and oxygen atoms in total. The summed E-state index contributed by atoms with van der Waals surface area (Å²) < 4.78 is 0. The summed E-state index contributed by atoms with van der Waals surface area (Å²) in [6.45, 7) is 4.01. The molecule has 0 bridgehead atoms. The van der Waals surface area contributed by atoms with Crippen LogP contribution in [-0.4, -0.2) is 54.5 Å². The predicted molar refractivity (Wildman–Crippen MR) is 113 cm³/mol. The number of carbonyl (C=O) groups is 2. The molecule has 0 unspecified atom stereocenters. The van der Waals surface area contributed by atoms with Gasteiger partial charge in [0.2, 0.25) is 5.91 Å². The van der Waals surface area contributed by atoms with E-state index < -0.39 is 0 Å². The first kappa shape index (κ1) is 20.3. The van der Waals surface area contributed by atoms with Gasteiger partial charge in [0, 0.05) is 36.9 Å². The number of para-hydroxylation sites is 1. The summed E-state index contributed by atoms with van der Waals surface area (Å²) >= 11 is 12.2. The van der Waals surface area contributed by atoms with E-state index in [4.69, 9.17) is 23.2 Å². The zero-order valence-corrected chi connectivity index (χ0v) is 17.1. The van der Waals surface area contributed by atoms with Crippen LogP contribution in [0.3, 0.4) is 0 Å². The molecule has 3 amide bonds. The fourth-order valence-corrected chi connectivity index (χ4v) is 3.30. The third kappa shape index (κ3) is 5.09. The van der Waals surface area contributed by atoms with Crippen LogP contribution in [0.25, 0.3) is 0 Å². The Morgan fingerprint density at radius 2 is 1.64 bits per heavy atom.